The molecule has 0 saturated heterocycles. The highest BCUT2D eigenvalue weighted by Gasteiger charge is 2.42. The number of rotatable bonds is 5. The lowest BCUT2D eigenvalue weighted by Crippen LogP contribution is -2.29. The Labute approximate surface area is 192 Å². The molecule has 0 unspecified atom stereocenters. The molecular weight excluding hydrogens is 420 g/mol. The molecule has 5 rings (SSSR count). The van der Waals surface area contributed by atoms with Crippen LogP contribution >= 0.6 is 0 Å². The maximum Gasteiger partial charge on any atom is 0.233 e. The Morgan fingerprint density at radius 2 is 1.70 bits per heavy atom. The van der Waals surface area contributed by atoms with E-state index in [4.69, 9.17) is 18.7 Å². The summed E-state index contributed by atoms with van der Waals surface area (Å²) in [5, 5.41) is 7.56. The van der Waals surface area contributed by atoms with Gasteiger partial charge in [0.05, 0.1) is 38.5 Å². The lowest BCUT2D eigenvalue weighted by Gasteiger charge is -2.35. The van der Waals surface area contributed by atoms with E-state index in [0.29, 0.717) is 30.2 Å². The van der Waals surface area contributed by atoms with Crippen molar-refractivity contribution < 1.29 is 23.5 Å². The normalized spacial score (nSPS) is 19.5. The number of hydrogen-bond acceptors (Lipinski definition) is 7. The number of benzene rings is 2. The molecule has 2 heterocycles. The average molecular weight is 447 g/mol. The van der Waals surface area contributed by atoms with Crippen LogP contribution in [0.15, 0.2) is 58.3 Å². The molecule has 1 aliphatic carbocycles. The number of nitrogens with zero attached hydrogens (tertiary/aromatic N) is 1. The number of ketones is 1. The highest BCUT2D eigenvalue weighted by molar-refractivity contribution is 6.01. The molecule has 7 heteroatoms. The molecule has 0 bridgehead atoms. The van der Waals surface area contributed by atoms with Crippen molar-refractivity contribution >= 4 is 11.7 Å². The molecule has 2 aliphatic rings. The molecule has 1 aromatic heterocycles. The summed E-state index contributed by atoms with van der Waals surface area (Å²) in [5.41, 5.74) is 5.17. The highest BCUT2D eigenvalue weighted by atomic mass is 16.5. The molecule has 0 radical (unpaired) electrons. The van der Waals surface area contributed by atoms with Crippen LogP contribution in [-0.2, 0) is 4.79 Å². The van der Waals surface area contributed by atoms with Crippen LogP contribution in [0.3, 0.4) is 0 Å². The van der Waals surface area contributed by atoms with Crippen LogP contribution in [0.4, 0.5) is 5.88 Å². The number of aryl methyl sites for hydroxylation is 1. The lowest BCUT2D eigenvalue weighted by atomic mass is 9.72. The maximum atomic E-state index is 13.7. The van der Waals surface area contributed by atoms with E-state index in [-0.39, 0.29) is 17.6 Å². The smallest absolute Gasteiger partial charge is 0.233 e. The average Bonchev–Trinajstić information content (AvgIpc) is 3.22. The van der Waals surface area contributed by atoms with Crippen LogP contribution in [0, 0.1) is 6.92 Å². The lowest BCUT2D eigenvalue weighted by molar-refractivity contribution is -0.116. The Balaban J connectivity index is 1.63. The summed E-state index contributed by atoms with van der Waals surface area (Å²) in [4.78, 5) is 13.7. The van der Waals surface area contributed by atoms with Crippen molar-refractivity contribution in [1.29, 1.82) is 0 Å². The highest BCUT2D eigenvalue weighted by Crippen LogP contribution is 2.51. The topological polar surface area (TPSA) is 82.8 Å². The number of carbonyl (C=O) groups is 1. The molecule has 3 aromatic rings. The van der Waals surface area contributed by atoms with Crippen molar-refractivity contribution in [2.45, 2.75) is 31.6 Å². The van der Waals surface area contributed by atoms with E-state index < -0.39 is 0 Å². The summed E-state index contributed by atoms with van der Waals surface area (Å²) >= 11 is 0. The molecule has 2 atom stereocenters. The van der Waals surface area contributed by atoms with Crippen molar-refractivity contribution in [3.05, 3.63) is 76.1 Å². The minimum atomic E-state index is -0.350. The molecule has 2 aromatic carbocycles. The van der Waals surface area contributed by atoms with Gasteiger partial charge in [-0.05, 0) is 55.2 Å². The molecule has 0 saturated carbocycles. The van der Waals surface area contributed by atoms with Crippen LogP contribution in [0.1, 0.15) is 47.1 Å². The molecule has 33 heavy (non-hydrogen) atoms. The van der Waals surface area contributed by atoms with Crippen molar-refractivity contribution in [3.63, 3.8) is 0 Å². The van der Waals surface area contributed by atoms with Gasteiger partial charge < -0.3 is 24.1 Å². The van der Waals surface area contributed by atoms with E-state index in [1.807, 2.05) is 49.4 Å². The second-order valence-electron chi connectivity index (χ2n) is 8.37. The summed E-state index contributed by atoms with van der Waals surface area (Å²) in [7, 11) is 4.90. The van der Waals surface area contributed by atoms with Gasteiger partial charge in [0.25, 0.3) is 0 Å². The first-order valence-corrected chi connectivity index (χ1v) is 10.9. The Bertz CT molecular complexity index is 1240. The van der Waals surface area contributed by atoms with Crippen molar-refractivity contribution in [2.75, 3.05) is 26.6 Å². The van der Waals surface area contributed by atoms with Gasteiger partial charge in [-0.3, -0.25) is 4.79 Å². The van der Waals surface area contributed by atoms with Gasteiger partial charge in [-0.15, -0.1) is 0 Å². The number of anilines is 1. The number of aromatic nitrogens is 1. The first-order chi connectivity index (χ1) is 16.0. The molecule has 0 spiro atoms. The zero-order chi connectivity index (χ0) is 23.1. The van der Waals surface area contributed by atoms with Gasteiger partial charge in [-0.2, -0.15) is 0 Å². The third-order valence-corrected chi connectivity index (χ3v) is 6.59. The van der Waals surface area contributed by atoms with Crippen LogP contribution in [0.2, 0.25) is 0 Å². The van der Waals surface area contributed by atoms with Crippen LogP contribution in [0.25, 0.3) is 0 Å². The molecule has 1 N–H and O–H groups in total. The quantitative estimate of drug-likeness (QED) is 0.593. The number of ether oxygens (including phenoxy) is 3. The number of carbonyl (C=O) groups excluding carboxylic acids is 1. The van der Waals surface area contributed by atoms with Gasteiger partial charge in [0, 0.05) is 23.3 Å². The number of methoxy groups -OCH3 is 3. The van der Waals surface area contributed by atoms with Crippen LogP contribution in [0.5, 0.6) is 17.2 Å². The second kappa shape index (κ2) is 8.31. The number of nitrogens with one attached hydrogen (secondary N) is 1. The van der Waals surface area contributed by atoms with Crippen molar-refractivity contribution in [1.82, 2.24) is 5.16 Å². The number of Topliss-reactive ketones (excluding diaryl/α,β-unsaturated/α-hetero) is 1. The standard InChI is InChI=1S/C26H26N2O5/c1-14-23-24(19-13-18(31-3)9-10-22(19)32-4)25-20(27-26(23)33-28-14)11-16(12-21(25)29)15-5-7-17(30-2)8-6-15/h5-10,13,16,24,27H,11-12H2,1-4H3/t16-,24-/m0/s1. The van der Waals surface area contributed by atoms with E-state index >= 15 is 0 Å². The molecule has 170 valence electrons. The Morgan fingerprint density at radius 1 is 0.970 bits per heavy atom. The van der Waals surface area contributed by atoms with Gasteiger partial charge in [-0.1, -0.05) is 17.3 Å². The van der Waals surface area contributed by atoms with E-state index in [2.05, 4.69) is 10.5 Å². The SMILES string of the molecule is COc1ccc([C@@H]2CC(=O)C3=C(C2)Nc2onc(C)c2[C@@H]3c2cc(OC)ccc2OC)cc1. The predicted molar refractivity (Wildman–Crippen MR) is 123 cm³/mol. The fraction of sp³-hybridized carbons (Fsp3) is 0.308. The summed E-state index contributed by atoms with van der Waals surface area (Å²) in [5.74, 6) is 2.57. The number of allylic oxidation sites excluding steroid dienone is 2. The summed E-state index contributed by atoms with van der Waals surface area (Å²) < 4.78 is 22.1. The second-order valence-corrected chi connectivity index (χ2v) is 8.37. The minimum absolute atomic E-state index is 0.0630. The van der Waals surface area contributed by atoms with E-state index in [1.165, 1.54) is 0 Å². The Kier molecular flexibility index (Phi) is 5.32. The van der Waals surface area contributed by atoms with Gasteiger partial charge in [0.2, 0.25) is 5.88 Å². The predicted octanol–water partition coefficient (Wildman–Crippen LogP) is 4.97. The van der Waals surface area contributed by atoms with Gasteiger partial charge in [0.1, 0.15) is 17.2 Å². The fourth-order valence-electron chi connectivity index (χ4n) is 4.96. The molecule has 1 aliphatic heterocycles. The van der Waals surface area contributed by atoms with Gasteiger partial charge in [-0.25, -0.2) is 0 Å². The van der Waals surface area contributed by atoms with E-state index in [1.54, 1.807) is 21.3 Å². The van der Waals surface area contributed by atoms with Crippen LogP contribution < -0.4 is 19.5 Å². The third-order valence-electron chi connectivity index (χ3n) is 6.59. The van der Waals surface area contributed by atoms with Crippen molar-refractivity contribution in [3.8, 4) is 17.2 Å². The maximum absolute atomic E-state index is 13.7. The first kappa shape index (κ1) is 21.1. The largest absolute Gasteiger partial charge is 0.497 e. The molecular formula is C26H26N2O5. The summed E-state index contributed by atoms with van der Waals surface area (Å²) in [6.45, 7) is 1.89. The minimum Gasteiger partial charge on any atom is -0.497 e. The summed E-state index contributed by atoms with van der Waals surface area (Å²) in [6.07, 6.45) is 1.12. The molecule has 0 amide bonds. The summed E-state index contributed by atoms with van der Waals surface area (Å²) in [6, 6.07) is 13.6. The van der Waals surface area contributed by atoms with Crippen LogP contribution in [-0.4, -0.2) is 32.3 Å². The molecule has 7 nitrogen and oxygen atoms in total. The number of fused-ring (bicyclic) bond motifs is 1. The first-order valence-electron chi connectivity index (χ1n) is 10.9. The van der Waals surface area contributed by atoms with Gasteiger partial charge >= 0.3 is 0 Å². The Morgan fingerprint density at radius 3 is 2.39 bits per heavy atom. The van der Waals surface area contributed by atoms with Gasteiger partial charge in [0.15, 0.2) is 5.78 Å². The Hall–Kier alpha value is -3.74. The zero-order valence-corrected chi connectivity index (χ0v) is 19.1. The third kappa shape index (κ3) is 3.53. The van der Waals surface area contributed by atoms with E-state index in [0.717, 1.165) is 39.4 Å². The zero-order valence-electron chi connectivity index (χ0n) is 19.1. The molecule has 0 fully saturated rings. The van der Waals surface area contributed by atoms with E-state index in [9.17, 15) is 4.79 Å². The van der Waals surface area contributed by atoms with Crippen molar-refractivity contribution in [2.24, 2.45) is 0 Å². The monoisotopic (exact) mass is 446 g/mol. The fourth-order valence-corrected chi connectivity index (χ4v) is 4.96. The number of hydrogen-bond donors (Lipinski definition) is 1.